The van der Waals surface area contributed by atoms with Crippen LogP contribution in [0.4, 0.5) is 0 Å². The van der Waals surface area contributed by atoms with Crippen LogP contribution in [-0.2, 0) is 16.1 Å². The number of benzene rings is 1. The van der Waals surface area contributed by atoms with Gasteiger partial charge in [0.05, 0.1) is 5.92 Å². The Morgan fingerprint density at radius 1 is 1.35 bits per heavy atom. The third-order valence-corrected chi connectivity index (χ3v) is 4.33. The summed E-state index contributed by atoms with van der Waals surface area (Å²) < 4.78 is 16.2. The van der Waals surface area contributed by atoms with Crippen molar-refractivity contribution in [2.24, 2.45) is 10.9 Å². The summed E-state index contributed by atoms with van der Waals surface area (Å²) in [5, 5.41) is 3.35. The van der Waals surface area contributed by atoms with Gasteiger partial charge in [0.15, 0.2) is 17.5 Å². The van der Waals surface area contributed by atoms with Gasteiger partial charge in [0.2, 0.25) is 6.79 Å². The summed E-state index contributed by atoms with van der Waals surface area (Å²) in [5.74, 6) is 2.08. The molecule has 0 amide bonds. The Morgan fingerprint density at radius 2 is 2.12 bits per heavy atom. The zero-order valence-electron chi connectivity index (χ0n) is 15.9. The fraction of sp³-hybridized carbons (Fsp3) is 0.579. The lowest BCUT2D eigenvalue weighted by Crippen LogP contribution is -2.40. The van der Waals surface area contributed by atoms with Crippen LogP contribution < -0.4 is 14.8 Å². The van der Waals surface area contributed by atoms with Gasteiger partial charge in [0.1, 0.15) is 5.60 Å². The Kier molecular flexibility index (Phi) is 5.25. The first-order valence-electron chi connectivity index (χ1n) is 8.93. The topological polar surface area (TPSA) is 72.4 Å². The molecule has 142 valence electrons. The fourth-order valence-electron chi connectivity index (χ4n) is 3.09. The molecule has 0 bridgehead atoms. The van der Waals surface area contributed by atoms with Gasteiger partial charge in [0.25, 0.3) is 0 Å². The second-order valence-corrected chi connectivity index (χ2v) is 7.55. The number of carbonyl (C=O) groups excluding carboxylic acids is 1. The van der Waals surface area contributed by atoms with E-state index in [4.69, 9.17) is 14.2 Å². The summed E-state index contributed by atoms with van der Waals surface area (Å²) in [5.41, 5.74) is 0.627. The first kappa shape index (κ1) is 18.4. The first-order chi connectivity index (χ1) is 12.4. The summed E-state index contributed by atoms with van der Waals surface area (Å²) in [6, 6.07) is 5.88. The molecule has 1 saturated heterocycles. The predicted octanol–water partition coefficient (Wildman–Crippen LogP) is 2.15. The molecule has 1 aromatic rings. The van der Waals surface area contributed by atoms with Crippen molar-refractivity contribution in [3.05, 3.63) is 23.8 Å². The van der Waals surface area contributed by atoms with E-state index < -0.39 is 5.60 Å². The first-order valence-corrected chi connectivity index (χ1v) is 8.93. The lowest BCUT2D eigenvalue weighted by Gasteiger charge is -2.23. The minimum atomic E-state index is -0.455. The number of fused-ring (bicyclic) bond motifs is 1. The summed E-state index contributed by atoms with van der Waals surface area (Å²) in [6.07, 6.45) is 0.777. The number of esters is 1. The molecular weight excluding hydrogens is 334 g/mol. The smallest absolute Gasteiger partial charge is 0.311 e. The van der Waals surface area contributed by atoms with Crippen LogP contribution in [-0.4, -0.2) is 49.4 Å². The van der Waals surface area contributed by atoms with Crippen LogP contribution in [0.2, 0.25) is 0 Å². The highest BCUT2D eigenvalue weighted by molar-refractivity contribution is 5.82. The van der Waals surface area contributed by atoms with Crippen LogP contribution in [0.5, 0.6) is 11.5 Å². The highest BCUT2D eigenvalue weighted by Gasteiger charge is 2.33. The SMILES string of the molecule is CN=C(NCc1ccc2c(c1)OCO2)N1CCC(C(=O)OC(C)(C)C)C1. The standard InChI is InChI=1S/C19H27N3O4/c1-19(2,3)26-17(23)14-7-8-22(11-14)18(20-4)21-10-13-5-6-15-16(9-13)25-12-24-15/h5-6,9,14H,7-8,10-12H2,1-4H3,(H,20,21). The molecule has 0 saturated carbocycles. The Bertz CT molecular complexity index is 697. The van der Waals surface area contributed by atoms with E-state index in [1.807, 2.05) is 39.0 Å². The molecule has 0 aromatic heterocycles. The third kappa shape index (κ3) is 4.39. The van der Waals surface area contributed by atoms with Crippen LogP contribution in [0.1, 0.15) is 32.8 Å². The molecule has 26 heavy (non-hydrogen) atoms. The number of hydrogen-bond donors (Lipinski definition) is 1. The van der Waals surface area contributed by atoms with E-state index in [-0.39, 0.29) is 18.7 Å². The van der Waals surface area contributed by atoms with Crippen LogP contribution in [0.25, 0.3) is 0 Å². The number of guanidine groups is 1. The number of carbonyl (C=O) groups is 1. The molecule has 1 unspecified atom stereocenters. The molecule has 2 aliphatic heterocycles. The average molecular weight is 361 g/mol. The minimum absolute atomic E-state index is 0.113. The summed E-state index contributed by atoms with van der Waals surface area (Å²) in [6.45, 7) is 7.97. The Labute approximate surface area is 154 Å². The van der Waals surface area contributed by atoms with Crippen LogP contribution in [0.3, 0.4) is 0 Å². The molecule has 2 heterocycles. The van der Waals surface area contributed by atoms with Crippen molar-refractivity contribution in [2.75, 3.05) is 26.9 Å². The summed E-state index contributed by atoms with van der Waals surface area (Å²) in [7, 11) is 1.75. The van der Waals surface area contributed by atoms with Crippen molar-refractivity contribution in [3.63, 3.8) is 0 Å². The molecule has 1 aromatic carbocycles. The summed E-state index contributed by atoms with van der Waals surface area (Å²) in [4.78, 5) is 18.7. The van der Waals surface area contributed by atoms with E-state index in [9.17, 15) is 4.79 Å². The van der Waals surface area contributed by atoms with E-state index >= 15 is 0 Å². The lowest BCUT2D eigenvalue weighted by atomic mass is 10.1. The highest BCUT2D eigenvalue weighted by atomic mass is 16.7. The zero-order valence-corrected chi connectivity index (χ0v) is 15.9. The largest absolute Gasteiger partial charge is 0.460 e. The molecule has 7 nitrogen and oxygen atoms in total. The molecule has 1 atom stereocenters. The van der Waals surface area contributed by atoms with Crippen LogP contribution >= 0.6 is 0 Å². The molecule has 1 fully saturated rings. The third-order valence-electron chi connectivity index (χ3n) is 4.33. The maximum atomic E-state index is 12.3. The number of nitrogens with zero attached hydrogens (tertiary/aromatic N) is 2. The molecule has 2 aliphatic rings. The molecular formula is C19H27N3O4. The molecule has 1 N–H and O–H groups in total. The van der Waals surface area contributed by atoms with Gasteiger partial charge in [-0.2, -0.15) is 0 Å². The van der Waals surface area contributed by atoms with Crippen molar-refractivity contribution < 1.29 is 19.0 Å². The number of hydrogen-bond acceptors (Lipinski definition) is 5. The number of aliphatic imine (C=N–C) groups is 1. The van der Waals surface area contributed by atoms with Gasteiger partial charge in [-0.3, -0.25) is 9.79 Å². The Hall–Kier alpha value is -2.44. The number of likely N-dealkylation sites (tertiary alicyclic amines) is 1. The van der Waals surface area contributed by atoms with E-state index in [0.29, 0.717) is 13.1 Å². The normalized spacial score (nSPS) is 19.6. The van der Waals surface area contributed by atoms with Gasteiger partial charge < -0.3 is 24.4 Å². The monoisotopic (exact) mass is 361 g/mol. The molecule has 0 radical (unpaired) electrons. The number of rotatable bonds is 3. The van der Waals surface area contributed by atoms with Gasteiger partial charge in [-0.05, 0) is 44.9 Å². The second kappa shape index (κ2) is 7.43. The average Bonchev–Trinajstić information content (AvgIpc) is 3.22. The van der Waals surface area contributed by atoms with Crippen molar-refractivity contribution in [3.8, 4) is 11.5 Å². The highest BCUT2D eigenvalue weighted by Crippen LogP contribution is 2.32. The van der Waals surface area contributed by atoms with Crippen molar-refractivity contribution in [1.29, 1.82) is 0 Å². The maximum absolute atomic E-state index is 12.3. The lowest BCUT2D eigenvalue weighted by molar-refractivity contribution is -0.159. The quantitative estimate of drug-likeness (QED) is 0.505. The van der Waals surface area contributed by atoms with Crippen molar-refractivity contribution in [2.45, 2.75) is 39.3 Å². The predicted molar refractivity (Wildman–Crippen MR) is 98.3 cm³/mol. The number of nitrogens with one attached hydrogen (secondary N) is 1. The van der Waals surface area contributed by atoms with E-state index in [0.717, 1.165) is 36.0 Å². The van der Waals surface area contributed by atoms with Crippen molar-refractivity contribution >= 4 is 11.9 Å². The van der Waals surface area contributed by atoms with E-state index in [1.54, 1.807) is 7.05 Å². The van der Waals surface area contributed by atoms with Gasteiger partial charge in [0, 0.05) is 26.7 Å². The van der Waals surface area contributed by atoms with Gasteiger partial charge in [-0.1, -0.05) is 6.07 Å². The molecule has 0 spiro atoms. The zero-order chi connectivity index (χ0) is 18.7. The molecule has 7 heteroatoms. The fourth-order valence-corrected chi connectivity index (χ4v) is 3.09. The van der Waals surface area contributed by atoms with Gasteiger partial charge >= 0.3 is 5.97 Å². The van der Waals surface area contributed by atoms with E-state index in [1.165, 1.54) is 0 Å². The van der Waals surface area contributed by atoms with E-state index in [2.05, 4.69) is 15.2 Å². The van der Waals surface area contributed by atoms with Crippen molar-refractivity contribution in [1.82, 2.24) is 10.2 Å². The maximum Gasteiger partial charge on any atom is 0.311 e. The number of ether oxygens (including phenoxy) is 3. The van der Waals surface area contributed by atoms with Gasteiger partial charge in [-0.25, -0.2) is 0 Å². The molecule has 0 aliphatic carbocycles. The minimum Gasteiger partial charge on any atom is -0.460 e. The van der Waals surface area contributed by atoms with Crippen LogP contribution in [0, 0.1) is 5.92 Å². The summed E-state index contributed by atoms with van der Waals surface area (Å²) >= 11 is 0. The van der Waals surface area contributed by atoms with Crippen LogP contribution in [0.15, 0.2) is 23.2 Å². The second-order valence-electron chi connectivity index (χ2n) is 7.55. The Morgan fingerprint density at radius 3 is 2.85 bits per heavy atom. The van der Waals surface area contributed by atoms with Gasteiger partial charge in [-0.15, -0.1) is 0 Å². The molecule has 3 rings (SSSR count). The Balaban J connectivity index is 1.54.